The molecule has 2 aromatic carbocycles. The highest BCUT2D eigenvalue weighted by Crippen LogP contribution is 2.21. The van der Waals surface area contributed by atoms with Crippen LogP contribution in [0.5, 0.6) is 0 Å². The largest absolute Gasteiger partial charge is 0.398 e. The van der Waals surface area contributed by atoms with Gasteiger partial charge < -0.3 is 10.6 Å². The van der Waals surface area contributed by atoms with Crippen molar-refractivity contribution in [2.24, 2.45) is 0 Å². The molecule has 0 atom stereocenters. The number of aryl methyl sites for hydroxylation is 2. The monoisotopic (exact) mass is 254 g/mol. The summed E-state index contributed by atoms with van der Waals surface area (Å²) in [5.74, 6) is 0. The zero-order chi connectivity index (χ0) is 13.8. The second-order valence-electron chi connectivity index (χ2n) is 5.05. The highest BCUT2D eigenvalue weighted by Gasteiger charge is 2.07. The Bertz CT molecular complexity index is 544. The van der Waals surface area contributed by atoms with Crippen LogP contribution in [0.3, 0.4) is 0 Å². The molecule has 19 heavy (non-hydrogen) atoms. The minimum absolute atomic E-state index is 0.854. The molecule has 0 aliphatic carbocycles. The van der Waals surface area contributed by atoms with Gasteiger partial charge in [0.1, 0.15) is 0 Å². The standard InChI is InChI=1S/C17H22N2/c1-4-19(16-8-5-13(2)6-9-16)12-15-11-14(3)7-10-17(15)18/h5-11H,4,12,18H2,1-3H3. The number of hydrogen-bond donors (Lipinski definition) is 1. The summed E-state index contributed by atoms with van der Waals surface area (Å²) in [5, 5.41) is 0. The Morgan fingerprint density at radius 1 is 0.947 bits per heavy atom. The first kappa shape index (κ1) is 13.5. The van der Waals surface area contributed by atoms with Crippen molar-refractivity contribution < 1.29 is 0 Å². The summed E-state index contributed by atoms with van der Waals surface area (Å²) < 4.78 is 0. The van der Waals surface area contributed by atoms with Crippen LogP contribution in [0, 0.1) is 13.8 Å². The van der Waals surface area contributed by atoms with Crippen molar-refractivity contribution in [3.63, 3.8) is 0 Å². The number of nitrogens with zero attached hydrogens (tertiary/aromatic N) is 1. The summed E-state index contributed by atoms with van der Waals surface area (Å²) >= 11 is 0. The van der Waals surface area contributed by atoms with E-state index in [4.69, 9.17) is 5.73 Å². The van der Waals surface area contributed by atoms with E-state index < -0.39 is 0 Å². The maximum absolute atomic E-state index is 6.07. The summed E-state index contributed by atoms with van der Waals surface area (Å²) in [4.78, 5) is 2.34. The third-order valence-corrected chi connectivity index (χ3v) is 3.44. The van der Waals surface area contributed by atoms with Crippen molar-refractivity contribution in [2.45, 2.75) is 27.3 Å². The summed E-state index contributed by atoms with van der Waals surface area (Å²) in [6, 6.07) is 14.9. The predicted octanol–water partition coefficient (Wildman–Crippen LogP) is 3.91. The van der Waals surface area contributed by atoms with Crippen molar-refractivity contribution in [1.29, 1.82) is 0 Å². The Morgan fingerprint density at radius 2 is 1.58 bits per heavy atom. The predicted molar refractivity (Wildman–Crippen MR) is 83.5 cm³/mol. The molecule has 2 rings (SSSR count). The first-order chi connectivity index (χ1) is 9.10. The molecule has 0 heterocycles. The fourth-order valence-corrected chi connectivity index (χ4v) is 2.22. The minimum atomic E-state index is 0.854. The van der Waals surface area contributed by atoms with E-state index in [-0.39, 0.29) is 0 Å². The van der Waals surface area contributed by atoms with Gasteiger partial charge in [0.25, 0.3) is 0 Å². The molecule has 0 saturated carbocycles. The maximum atomic E-state index is 6.07. The maximum Gasteiger partial charge on any atom is 0.0449 e. The second kappa shape index (κ2) is 5.79. The number of nitrogens with two attached hydrogens (primary N) is 1. The molecule has 0 aromatic heterocycles. The van der Waals surface area contributed by atoms with E-state index in [0.717, 1.165) is 18.8 Å². The Morgan fingerprint density at radius 3 is 2.21 bits per heavy atom. The lowest BCUT2D eigenvalue weighted by molar-refractivity contribution is 0.832. The summed E-state index contributed by atoms with van der Waals surface area (Å²) in [6.07, 6.45) is 0. The van der Waals surface area contributed by atoms with Crippen LogP contribution < -0.4 is 10.6 Å². The van der Waals surface area contributed by atoms with Gasteiger partial charge in [0.2, 0.25) is 0 Å². The van der Waals surface area contributed by atoms with Gasteiger partial charge in [-0.25, -0.2) is 0 Å². The van der Waals surface area contributed by atoms with Crippen molar-refractivity contribution in [3.05, 3.63) is 59.2 Å². The Balaban J connectivity index is 2.23. The minimum Gasteiger partial charge on any atom is -0.398 e. The molecule has 0 aliphatic heterocycles. The van der Waals surface area contributed by atoms with Crippen molar-refractivity contribution in [1.82, 2.24) is 0 Å². The number of hydrogen-bond acceptors (Lipinski definition) is 2. The summed E-state index contributed by atoms with van der Waals surface area (Å²) in [6.45, 7) is 8.21. The average molecular weight is 254 g/mol. The molecule has 0 unspecified atom stereocenters. The van der Waals surface area contributed by atoms with E-state index in [1.54, 1.807) is 0 Å². The molecule has 2 aromatic rings. The Kier molecular flexibility index (Phi) is 4.10. The quantitative estimate of drug-likeness (QED) is 0.838. The Hall–Kier alpha value is -1.96. The molecule has 0 saturated heterocycles. The number of rotatable bonds is 4. The fourth-order valence-electron chi connectivity index (χ4n) is 2.22. The highest BCUT2D eigenvalue weighted by atomic mass is 15.1. The lowest BCUT2D eigenvalue weighted by Crippen LogP contribution is -2.22. The van der Waals surface area contributed by atoms with Gasteiger partial charge >= 0.3 is 0 Å². The third-order valence-electron chi connectivity index (χ3n) is 3.44. The van der Waals surface area contributed by atoms with Gasteiger partial charge in [0.15, 0.2) is 0 Å². The smallest absolute Gasteiger partial charge is 0.0449 e. The number of nitrogen functional groups attached to an aromatic ring is 1. The van der Waals surface area contributed by atoms with Gasteiger partial charge in [-0.3, -0.25) is 0 Å². The first-order valence-electron chi connectivity index (χ1n) is 6.76. The molecule has 0 spiro atoms. The molecular weight excluding hydrogens is 232 g/mol. The Labute approximate surface area is 115 Å². The molecule has 2 nitrogen and oxygen atoms in total. The van der Waals surface area contributed by atoms with Crippen LogP contribution in [0.2, 0.25) is 0 Å². The van der Waals surface area contributed by atoms with Crippen molar-refractivity contribution >= 4 is 11.4 Å². The molecule has 0 radical (unpaired) electrons. The molecule has 0 aliphatic rings. The zero-order valence-electron chi connectivity index (χ0n) is 12.0. The third kappa shape index (κ3) is 3.28. The van der Waals surface area contributed by atoms with Crippen molar-refractivity contribution in [3.8, 4) is 0 Å². The zero-order valence-corrected chi connectivity index (χ0v) is 12.0. The summed E-state index contributed by atoms with van der Waals surface area (Å²) in [7, 11) is 0. The normalized spacial score (nSPS) is 10.5. The van der Waals surface area contributed by atoms with E-state index in [9.17, 15) is 0 Å². The molecule has 0 bridgehead atoms. The van der Waals surface area contributed by atoms with E-state index in [2.05, 4.69) is 62.1 Å². The van der Waals surface area contributed by atoms with Gasteiger partial charge in [-0.2, -0.15) is 0 Å². The molecule has 2 N–H and O–H groups in total. The van der Waals surface area contributed by atoms with Crippen LogP contribution >= 0.6 is 0 Å². The van der Waals surface area contributed by atoms with E-state index >= 15 is 0 Å². The number of benzene rings is 2. The van der Waals surface area contributed by atoms with Crippen LogP contribution in [0.1, 0.15) is 23.6 Å². The van der Waals surface area contributed by atoms with Crippen LogP contribution in [0.4, 0.5) is 11.4 Å². The molecule has 100 valence electrons. The lowest BCUT2D eigenvalue weighted by Gasteiger charge is -2.24. The average Bonchev–Trinajstić information content (AvgIpc) is 2.41. The highest BCUT2D eigenvalue weighted by molar-refractivity contribution is 5.53. The molecule has 2 heteroatoms. The molecular formula is C17H22N2. The van der Waals surface area contributed by atoms with E-state index in [1.807, 2.05) is 6.07 Å². The first-order valence-corrected chi connectivity index (χ1v) is 6.76. The fraction of sp³-hybridized carbons (Fsp3) is 0.294. The van der Waals surface area contributed by atoms with E-state index in [0.29, 0.717) is 0 Å². The van der Waals surface area contributed by atoms with Crippen molar-refractivity contribution in [2.75, 3.05) is 17.2 Å². The van der Waals surface area contributed by atoms with Crippen LogP contribution in [-0.2, 0) is 6.54 Å². The van der Waals surface area contributed by atoms with Gasteiger partial charge in [-0.15, -0.1) is 0 Å². The van der Waals surface area contributed by atoms with Gasteiger partial charge in [-0.1, -0.05) is 35.4 Å². The van der Waals surface area contributed by atoms with E-state index in [1.165, 1.54) is 22.4 Å². The van der Waals surface area contributed by atoms with Crippen LogP contribution in [0.15, 0.2) is 42.5 Å². The second-order valence-corrected chi connectivity index (χ2v) is 5.05. The molecule has 0 fully saturated rings. The van der Waals surface area contributed by atoms with Gasteiger partial charge in [0, 0.05) is 24.5 Å². The SMILES string of the molecule is CCN(Cc1cc(C)ccc1N)c1ccc(C)cc1. The van der Waals surface area contributed by atoms with Crippen LogP contribution in [0.25, 0.3) is 0 Å². The molecule has 0 amide bonds. The summed E-state index contributed by atoms with van der Waals surface area (Å²) in [5.41, 5.74) is 11.9. The topological polar surface area (TPSA) is 29.3 Å². The van der Waals surface area contributed by atoms with Gasteiger partial charge in [0.05, 0.1) is 0 Å². The lowest BCUT2D eigenvalue weighted by atomic mass is 10.1. The number of anilines is 2. The van der Waals surface area contributed by atoms with Gasteiger partial charge in [-0.05, 0) is 44.5 Å². The van der Waals surface area contributed by atoms with Crippen LogP contribution in [-0.4, -0.2) is 6.54 Å².